The molecule has 1 fully saturated rings. The molecular formula is C7H12ClN3. The van der Waals surface area contributed by atoms with Crippen LogP contribution in [0.3, 0.4) is 0 Å². The first kappa shape index (κ1) is 8.56. The molecule has 1 saturated carbocycles. The normalized spacial score (nSPS) is 16.0. The number of hydrogen-bond acceptors (Lipinski definition) is 2. The monoisotopic (exact) mass is 173 g/mol. The highest BCUT2D eigenvalue weighted by atomic mass is 35.5. The summed E-state index contributed by atoms with van der Waals surface area (Å²) in [5, 5.41) is 10.2. The van der Waals surface area contributed by atoms with E-state index in [2.05, 4.69) is 15.5 Å². The maximum absolute atomic E-state index is 3.86. The Kier molecular flexibility index (Phi) is 2.91. The van der Waals surface area contributed by atoms with Crippen LogP contribution in [0.2, 0.25) is 0 Å². The molecule has 0 aliphatic heterocycles. The summed E-state index contributed by atoms with van der Waals surface area (Å²) in [5.41, 5.74) is 1.17. The summed E-state index contributed by atoms with van der Waals surface area (Å²) in [6.07, 6.45) is 4.46. The van der Waals surface area contributed by atoms with E-state index in [0.717, 1.165) is 12.6 Å². The number of H-pyrrole nitrogens is 1. The van der Waals surface area contributed by atoms with Crippen molar-refractivity contribution in [2.75, 3.05) is 0 Å². The highest BCUT2D eigenvalue weighted by Crippen LogP contribution is 2.18. The molecule has 1 heterocycles. The van der Waals surface area contributed by atoms with Crippen molar-refractivity contribution in [3.8, 4) is 0 Å². The van der Waals surface area contributed by atoms with Gasteiger partial charge in [-0.2, -0.15) is 5.10 Å². The summed E-state index contributed by atoms with van der Waals surface area (Å²) in [6.45, 7) is 0.935. The fourth-order valence-electron chi connectivity index (χ4n) is 0.925. The molecule has 1 aromatic heterocycles. The molecular weight excluding hydrogens is 162 g/mol. The predicted octanol–water partition coefficient (Wildman–Crippen LogP) is 1.08. The van der Waals surface area contributed by atoms with Crippen LogP contribution < -0.4 is 5.32 Å². The number of halogens is 1. The van der Waals surface area contributed by atoms with E-state index in [1.165, 1.54) is 18.5 Å². The van der Waals surface area contributed by atoms with E-state index < -0.39 is 0 Å². The third kappa shape index (κ3) is 2.52. The van der Waals surface area contributed by atoms with E-state index in [9.17, 15) is 0 Å². The van der Waals surface area contributed by atoms with Crippen molar-refractivity contribution in [1.82, 2.24) is 15.5 Å². The molecule has 3 nitrogen and oxygen atoms in total. The zero-order chi connectivity index (χ0) is 6.81. The Labute approximate surface area is 72.0 Å². The van der Waals surface area contributed by atoms with Crippen LogP contribution in [0, 0.1) is 0 Å². The number of nitrogens with zero attached hydrogens (tertiary/aromatic N) is 1. The number of nitrogens with one attached hydrogen (secondary N) is 2. The van der Waals surface area contributed by atoms with Crippen LogP contribution in [0.4, 0.5) is 0 Å². The fourth-order valence-corrected chi connectivity index (χ4v) is 0.925. The molecule has 0 amide bonds. The second-order valence-corrected chi connectivity index (χ2v) is 2.74. The third-order valence-electron chi connectivity index (χ3n) is 1.72. The van der Waals surface area contributed by atoms with Crippen LogP contribution in [0.25, 0.3) is 0 Å². The van der Waals surface area contributed by atoms with Crippen LogP contribution in [-0.4, -0.2) is 16.2 Å². The first-order valence-corrected chi connectivity index (χ1v) is 3.67. The molecule has 2 rings (SSSR count). The molecule has 1 aliphatic carbocycles. The standard InChI is InChI=1S/C7H11N3.ClH/c1-2-6(1)8-5-7-3-4-9-10-7;/h3-4,6,8H,1-2,5H2,(H,9,10);1H. The first-order valence-electron chi connectivity index (χ1n) is 3.67. The second-order valence-electron chi connectivity index (χ2n) is 2.74. The lowest BCUT2D eigenvalue weighted by Gasteiger charge is -1.96. The van der Waals surface area contributed by atoms with Crippen LogP contribution in [0.15, 0.2) is 12.3 Å². The van der Waals surface area contributed by atoms with Gasteiger partial charge in [-0.3, -0.25) is 5.10 Å². The highest BCUT2D eigenvalue weighted by Gasteiger charge is 2.19. The molecule has 0 spiro atoms. The van der Waals surface area contributed by atoms with Gasteiger partial charge in [0, 0.05) is 24.5 Å². The van der Waals surface area contributed by atoms with Crippen LogP contribution in [0.5, 0.6) is 0 Å². The van der Waals surface area contributed by atoms with Gasteiger partial charge in [0.2, 0.25) is 0 Å². The van der Waals surface area contributed by atoms with E-state index in [0.29, 0.717) is 0 Å². The van der Waals surface area contributed by atoms with E-state index in [1.807, 2.05) is 6.07 Å². The van der Waals surface area contributed by atoms with Crippen molar-refractivity contribution in [2.24, 2.45) is 0 Å². The molecule has 1 aromatic rings. The Morgan fingerprint density at radius 2 is 2.45 bits per heavy atom. The van der Waals surface area contributed by atoms with Gasteiger partial charge in [-0.25, -0.2) is 0 Å². The number of rotatable bonds is 3. The Morgan fingerprint density at radius 3 is 3.00 bits per heavy atom. The Bertz CT molecular complexity index is 193. The highest BCUT2D eigenvalue weighted by molar-refractivity contribution is 5.85. The lowest BCUT2D eigenvalue weighted by Crippen LogP contribution is -2.15. The van der Waals surface area contributed by atoms with Crippen molar-refractivity contribution < 1.29 is 0 Å². The summed E-state index contributed by atoms with van der Waals surface area (Å²) in [5.74, 6) is 0. The SMILES string of the molecule is Cl.c1cc(CNC2CC2)[nH]n1. The molecule has 11 heavy (non-hydrogen) atoms. The second kappa shape index (κ2) is 3.74. The van der Waals surface area contributed by atoms with E-state index in [1.54, 1.807) is 6.20 Å². The van der Waals surface area contributed by atoms with Crippen molar-refractivity contribution in [2.45, 2.75) is 25.4 Å². The van der Waals surface area contributed by atoms with Crippen molar-refractivity contribution in [3.05, 3.63) is 18.0 Å². The maximum atomic E-state index is 3.86. The number of hydrogen-bond donors (Lipinski definition) is 2. The van der Waals surface area contributed by atoms with Crippen molar-refractivity contribution in [1.29, 1.82) is 0 Å². The minimum atomic E-state index is 0. The molecule has 62 valence electrons. The summed E-state index contributed by atoms with van der Waals surface area (Å²) >= 11 is 0. The Balaban J connectivity index is 0.000000605. The van der Waals surface area contributed by atoms with E-state index in [-0.39, 0.29) is 12.4 Å². The van der Waals surface area contributed by atoms with Crippen LogP contribution in [0.1, 0.15) is 18.5 Å². The van der Waals surface area contributed by atoms with Gasteiger partial charge in [-0.05, 0) is 18.9 Å². The van der Waals surface area contributed by atoms with Gasteiger partial charge in [0.05, 0.1) is 0 Å². The molecule has 2 N–H and O–H groups in total. The molecule has 1 aliphatic rings. The van der Waals surface area contributed by atoms with Gasteiger partial charge < -0.3 is 5.32 Å². The van der Waals surface area contributed by atoms with Crippen LogP contribution in [-0.2, 0) is 6.54 Å². The molecule has 0 radical (unpaired) electrons. The average Bonchev–Trinajstić information content (AvgIpc) is 2.63. The van der Waals surface area contributed by atoms with E-state index in [4.69, 9.17) is 0 Å². The minimum absolute atomic E-state index is 0. The van der Waals surface area contributed by atoms with Gasteiger partial charge in [0.25, 0.3) is 0 Å². The largest absolute Gasteiger partial charge is 0.308 e. The topological polar surface area (TPSA) is 40.7 Å². The molecule has 0 atom stereocenters. The third-order valence-corrected chi connectivity index (χ3v) is 1.72. The average molecular weight is 174 g/mol. The lowest BCUT2D eigenvalue weighted by molar-refractivity contribution is 0.672. The lowest BCUT2D eigenvalue weighted by atomic mass is 10.4. The molecule has 4 heteroatoms. The zero-order valence-corrected chi connectivity index (χ0v) is 7.03. The first-order chi connectivity index (χ1) is 4.95. The van der Waals surface area contributed by atoms with Gasteiger partial charge in [-0.15, -0.1) is 12.4 Å². The molecule has 0 aromatic carbocycles. The molecule has 0 saturated heterocycles. The summed E-state index contributed by atoms with van der Waals surface area (Å²) in [4.78, 5) is 0. The van der Waals surface area contributed by atoms with Gasteiger partial charge >= 0.3 is 0 Å². The Hall–Kier alpha value is -0.540. The van der Waals surface area contributed by atoms with E-state index >= 15 is 0 Å². The summed E-state index contributed by atoms with van der Waals surface area (Å²) in [6, 6.07) is 2.78. The smallest absolute Gasteiger partial charge is 0.0490 e. The van der Waals surface area contributed by atoms with Gasteiger partial charge in [0.15, 0.2) is 0 Å². The summed E-state index contributed by atoms with van der Waals surface area (Å²) in [7, 11) is 0. The Morgan fingerprint density at radius 1 is 1.64 bits per heavy atom. The maximum Gasteiger partial charge on any atom is 0.0490 e. The van der Waals surface area contributed by atoms with Crippen molar-refractivity contribution >= 4 is 12.4 Å². The minimum Gasteiger partial charge on any atom is -0.308 e. The van der Waals surface area contributed by atoms with Crippen molar-refractivity contribution in [3.63, 3.8) is 0 Å². The number of aromatic nitrogens is 2. The fraction of sp³-hybridized carbons (Fsp3) is 0.571. The molecule has 0 unspecified atom stereocenters. The zero-order valence-electron chi connectivity index (χ0n) is 6.21. The number of aromatic amines is 1. The van der Waals surface area contributed by atoms with Gasteiger partial charge in [-0.1, -0.05) is 0 Å². The summed E-state index contributed by atoms with van der Waals surface area (Å²) < 4.78 is 0. The quantitative estimate of drug-likeness (QED) is 0.719. The van der Waals surface area contributed by atoms with Gasteiger partial charge in [0.1, 0.15) is 0 Å². The molecule has 0 bridgehead atoms. The van der Waals surface area contributed by atoms with Crippen LogP contribution >= 0.6 is 12.4 Å². The predicted molar refractivity (Wildman–Crippen MR) is 45.7 cm³/mol.